The number of aromatic nitrogens is 1. The Hall–Kier alpha value is -1.61. The van der Waals surface area contributed by atoms with Crippen molar-refractivity contribution in [3.8, 4) is 0 Å². The molecule has 0 bridgehead atoms. The molecule has 0 aliphatic carbocycles. The fraction of sp³-hybridized carbons (Fsp3) is 0.438. The minimum Gasteiger partial charge on any atom is -0.342 e. The van der Waals surface area contributed by atoms with E-state index in [4.69, 9.17) is 5.73 Å². The summed E-state index contributed by atoms with van der Waals surface area (Å²) in [5.74, 6) is 0.0348. The van der Waals surface area contributed by atoms with Crippen molar-refractivity contribution in [3.05, 3.63) is 36.0 Å². The second-order valence-corrected chi connectivity index (χ2v) is 6.13. The van der Waals surface area contributed by atoms with E-state index in [0.717, 1.165) is 5.56 Å². The van der Waals surface area contributed by atoms with Gasteiger partial charge in [0.15, 0.2) is 0 Å². The molecule has 2 N–H and O–H groups in total. The molecule has 2 aromatic rings. The van der Waals surface area contributed by atoms with E-state index in [1.807, 2.05) is 12.1 Å². The van der Waals surface area contributed by atoms with Crippen molar-refractivity contribution in [1.82, 2.24) is 4.57 Å². The summed E-state index contributed by atoms with van der Waals surface area (Å²) in [6, 6.07) is 7.86. The molecule has 1 aromatic heterocycles. The van der Waals surface area contributed by atoms with Crippen LogP contribution in [0, 0.1) is 0 Å². The van der Waals surface area contributed by atoms with Crippen LogP contribution < -0.4 is 5.73 Å². The third-order valence-electron chi connectivity index (χ3n) is 3.48. The number of nitrogens with zero attached hydrogens (tertiary/aromatic N) is 1. The molecule has 0 spiro atoms. The molecule has 19 heavy (non-hydrogen) atoms. The van der Waals surface area contributed by atoms with Gasteiger partial charge in [0.2, 0.25) is 0 Å². The number of nitrogens with two attached hydrogens (primary N) is 1. The van der Waals surface area contributed by atoms with Crippen molar-refractivity contribution >= 4 is 16.7 Å². The quantitative estimate of drug-likeness (QED) is 0.920. The standard InChI is InChI=1S/C16H22N2O/c1-11(19)14(17)9-12-10-18(16(2,3)4)15-8-6-5-7-13(12)15/h5-8,10,14H,9,17H2,1-4H3. The first-order valence-electron chi connectivity index (χ1n) is 6.66. The molecule has 0 saturated carbocycles. The first-order valence-corrected chi connectivity index (χ1v) is 6.66. The Morgan fingerprint density at radius 3 is 2.53 bits per heavy atom. The van der Waals surface area contributed by atoms with E-state index in [9.17, 15) is 4.79 Å². The Kier molecular flexibility index (Phi) is 3.50. The monoisotopic (exact) mass is 258 g/mol. The van der Waals surface area contributed by atoms with E-state index in [-0.39, 0.29) is 11.3 Å². The van der Waals surface area contributed by atoms with Gasteiger partial charge in [0.1, 0.15) is 5.78 Å². The van der Waals surface area contributed by atoms with E-state index in [2.05, 4.69) is 43.7 Å². The van der Waals surface area contributed by atoms with Gasteiger partial charge in [-0.05, 0) is 45.7 Å². The molecule has 0 saturated heterocycles. The van der Waals surface area contributed by atoms with Gasteiger partial charge in [-0.1, -0.05) is 18.2 Å². The molecule has 1 unspecified atom stereocenters. The largest absolute Gasteiger partial charge is 0.342 e. The van der Waals surface area contributed by atoms with E-state index in [1.165, 1.54) is 10.9 Å². The number of Topliss-reactive ketones (excluding diaryl/α,β-unsaturated/α-hetero) is 1. The number of hydrogen-bond donors (Lipinski definition) is 1. The lowest BCUT2D eigenvalue weighted by atomic mass is 10.0. The lowest BCUT2D eigenvalue weighted by Gasteiger charge is -2.22. The van der Waals surface area contributed by atoms with Gasteiger partial charge in [-0.15, -0.1) is 0 Å². The molecule has 0 amide bonds. The normalized spacial score (nSPS) is 13.7. The van der Waals surface area contributed by atoms with Gasteiger partial charge in [-0.25, -0.2) is 0 Å². The Bertz CT molecular complexity index is 605. The maximum Gasteiger partial charge on any atom is 0.146 e. The van der Waals surface area contributed by atoms with Gasteiger partial charge in [0, 0.05) is 22.6 Å². The minimum atomic E-state index is -0.417. The summed E-state index contributed by atoms with van der Waals surface area (Å²) in [5.41, 5.74) is 8.25. The van der Waals surface area contributed by atoms with Gasteiger partial charge >= 0.3 is 0 Å². The number of carbonyl (C=O) groups is 1. The number of fused-ring (bicyclic) bond motifs is 1. The van der Waals surface area contributed by atoms with Gasteiger partial charge in [0.25, 0.3) is 0 Å². The number of para-hydroxylation sites is 1. The van der Waals surface area contributed by atoms with Crippen LogP contribution in [0.4, 0.5) is 0 Å². The summed E-state index contributed by atoms with van der Waals surface area (Å²) in [7, 11) is 0. The zero-order valence-electron chi connectivity index (χ0n) is 12.1. The highest BCUT2D eigenvalue weighted by Crippen LogP contribution is 2.28. The van der Waals surface area contributed by atoms with Crippen LogP contribution in [0.25, 0.3) is 10.9 Å². The summed E-state index contributed by atoms with van der Waals surface area (Å²) < 4.78 is 2.25. The molecule has 1 aromatic carbocycles. The average Bonchev–Trinajstić information content (AvgIpc) is 2.68. The zero-order chi connectivity index (χ0) is 14.2. The molecular weight excluding hydrogens is 236 g/mol. The lowest BCUT2D eigenvalue weighted by molar-refractivity contribution is -0.118. The summed E-state index contributed by atoms with van der Waals surface area (Å²) in [6.45, 7) is 8.07. The molecule has 1 heterocycles. The van der Waals surface area contributed by atoms with E-state index < -0.39 is 6.04 Å². The molecule has 102 valence electrons. The molecule has 0 fully saturated rings. The van der Waals surface area contributed by atoms with Crippen LogP contribution in [-0.2, 0) is 16.8 Å². The first-order chi connectivity index (χ1) is 8.80. The van der Waals surface area contributed by atoms with Gasteiger partial charge in [-0.2, -0.15) is 0 Å². The van der Waals surface area contributed by atoms with E-state index >= 15 is 0 Å². The van der Waals surface area contributed by atoms with Crippen LogP contribution in [0.3, 0.4) is 0 Å². The third-order valence-corrected chi connectivity index (χ3v) is 3.48. The molecule has 0 aliphatic heterocycles. The highest BCUT2D eigenvalue weighted by Gasteiger charge is 2.19. The fourth-order valence-corrected chi connectivity index (χ4v) is 2.35. The summed E-state index contributed by atoms with van der Waals surface area (Å²) in [6.07, 6.45) is 2.73. The average molecular weight is 258 g/mol. The van der Waals surface area contributed by atoms with Crippen LogP contribution in [0.1, 0.15) is 33.3 Å². The maximum absolute atomic E-state index is 11.4. The zero-order valence-corrected chi connectivity index (χ0v) is 12.1. The van der Waals surface area contributed by atoms with Crippen molar-refractivity contribution < 1.29 is 4.79 Å². The first kappa shape index (κ1) is 13.8. The Labute approximate surface area is 114 Å². The smallest absolute Gasteiger partial charge is 0.146 e. The van der Waals surface area contributed by atoms with Gasteiger partial charge in [-0.3, -0.25) is 4.79 Å². The molecule has 0 aliphatic rings. The van der Waals surface area contributed by atoms with Crippen molar-refractivity contribution in [2.45, 2.75) is 45.7 Å². The van der Waals surface area contributed by atoms with E-state index in [0.29, 0.717) is 6.42 Å². The maximum atomic E-state index is 11.4. The Morgan fingerprint density at radius 2 is 1.95 bits per heavy atom. The van der Waals surface area contributed by atoms with Crippen molar-refractivity contribution in [3.63, 3.8) is 0 Å². The number of ketones is 1. The number of hydrogen-bond acceptors (Lipinski definition) is 2. The van der Waals surface area contributed by atoms with Crippen LogP contribution in [0.2, 0.25) is 0 Å². The minimum absolute atomic E-state index is 0.0121. The van der Waals surface area contributed by atoms with Crippen LogP contribution in [0.5, 0.6) is 0 Å². The van der Waals surface area contributed by atoms with Gasteiger partial charge < -0.3 is 10.3 Å². The van der Waals surface area contributed by atoms with Crippen molar-refractivity contribution in [2.24, 2.45) is 5.73 Å². The molecule has 2 rings (SSSR count). The lowest BCUT2D eigenvalue weighted by Crippen LogP contribution is -2.30. The number of rotatable bonds is 3. The summed E-state index contributed by atoms with van der Waals surface area (Å²) in [4.78, 5) is 11.4. The number of carbonyl (C=O) groups excluding carboxylic acids is 1. The van der Waals surface area contributed by atoms with Crippen molar-refractivity contribution in [1.29, 1.82) is 0 Å². The summed E-state index contributed by atoms with van der Waals surface area (Å²) >= 11 is 0. The summed E-state index contributed by atoms with van der Waals surface area (Å²) in [5, 5.41) is 1.19. The van der Waals surface area contributed by atoms with Crippen LogP contribution >= 0.6 is 0 Å². The second-order valence-electron chi connectivity index (χ2n) is 6.13. The van der Waals surface area contributed by atoms with Gasteiger partial charge in [0.05, 0.1) is 6.04 Å². The second kappa shape index (κ2) is 4.82. The SMILES string of the molecule is CC(=O)C(N)Cc1cn(C(C)(C)C)c2ccccc12. The molecular formula is C16H22N2O. The van der Waals surface area contributed by atoms with E-state index in [1.54, 1.807) is 6.92 Å². The highest BCUT2D eigenvalue weighted by molar-refractivity contribution is 5.86. The third kappa shape index (κ3) is 2.71. The fourth-order valence-electron chi connectivity index (χ4n) is 2.35. The predicted molar refractivity (Wildman–Crippen MR) is 79.3 cm³/mol. The highest BCUT2D eigenvalue weighted by atomic mass is 16.1. The Balaban J connectivity index is 2.54. The molecule has 3 heteroatoms. The van der Waals surface area contributed by atoms with Crippen LogP contribution in [-0.4, -0.2) is 16.4 Å². The number of benzene rings is 1. The molecule has 0 radical (unpaired) electrons. The van der Waals surface area contributed by atoms with Crippen molar-refractivity contribution in [2.75, 3.05) is 0 Å². The molecule has 3 nitrogen and oxygen atoms in total. The predicted octanol–water partition coefficient (Wildman–Crippen LogP) is 2.86. The topological polar surface area (TPSA) is 48.0 Å². The molecule has 1 atom stereocenters. The van der Waals surface area contributed by atoms with Crippen LogP contribution in [0.15, 0.2) is 30.5 Å². The Morgan fingerprint density at radius 1 is 1.32 bits per heavy atom.